The summed E-state index contributed by atoms with van der Waals surface area (Å²) in [5.74, 6) is -0.687. The Labute approximate surface area is 189 Å². The van der Waals surface area contributed by atoms with Crippen molar-refractivity contribution in [3.8, 4) is 0 Å². The van der Waals surface area contributed by atoms with Crippen molar-refractivity contribution >= 4 is 17.5 Å². The fourth-order valence-electron chi connectivity index (χ4n) is 5.10. The van der Waals surface area contributed by atoms with E-state index in [1.165, 1.54) is 6.07 Å². The Morgan fingerprint density at radius 2 is 1.88 bits per heavy atom. The molecule has 8 heteroatoms. The van der Waals surface area contributed by atoms with Gasteiger partial charge in [0, 0.05) is 31.7 Å². The summed E-state index contributed by atoms with van der Waals surface area (Å²) in [6.45, 7) is 4.62. The zero-order chi connectivity index (χ0) is 22.7. The molecule has 176 valence electrons. The highest BCUT2D eigenvalue weighted by molar-refractivity contribution is 6.01. The molecule has 1 aromatic rings. The summed E-state index contributed by atoms with van der Waals surface area (Å²) in [5, 5.41) is 16.2. The van der Waals surface area contributed by atoms with Crippen molar-refractivity contribution in [1.82, 2.24) is 15.1 Å². The van der Waals surface area contributed by atoms with Crippen molar-refractivity contribution in [3.63, 3.8) is 0 Å². The van der Waals surface area contributed by atoms with Gasteiger partial charge in [0.2, 0.25) is 11.8 Å². The standard InChI is InChI=1S/C24H35FN4O3/c1-28-13-8-24(32,9-14-28)10-15-29-11-6-17(7-12-29)19-3-2-18(16-20(19)25)26-21-4-5-22(30)27-23(21)31/h2-3,16-17,21,26,32H,4-15H2,1H3,(H,27,30,31). The van der Waals surface area contributed by atoms with E-state index in [1.807, 2.05) is 12.1 Å². The third-order valence-corrected chi connectivity index (χ3v) is 7.42. The number of nitrogens with one attached hydrogen (secondary N) is 2. The lowest BCUT2D eigenvalue weighted by molar-refractivity contribution is -0.133. The Balaban J connectivity index is 1.26. The first-order valence-corrected chi connectivity index (χ1v) is 11.8. The van der Waals surface area contributed by atoms with Gasteiger partial charge in [-0.2, -0.15) is 0 Å². The van der Waals surface area contributed by atoms with Crippen molar-refractivity contribution in [2.45, 2.75) is 62.5 Å². The van der Waals surface area contributed by atoms with E-state index in [-0.39, 0.29) is 30.0 Å². The van der Waals surface area contributed by atoms with Gasteiger partial charge in [-0.05, 0) is 82.3 Å². The maximum Gasteiger partial charge on any atom is 0.249 e. The van der Waals surface area contributed by atoms with E-state index < -0.39 is 11.6 Å². The number of imide groups is 1. The number of hydrogen-bond donors (Lipinski definition) is 3. The maximum atomic E-state index is 14.9. The summed E-state index contributed by atoms with van der Waals surface area (Å²) in [5.41, 5.74) is 0.748. The zero-order valence-electron chi connectivity index (χ0n) is 18.9. The normalized spacial score (nSPS) is 25.5. The summed E-state index contributed by atoms with van der Waals surface area (Å²) < 4.78 is 14.9. The largest absolute Gasteiger partial charge is 0.390 e. The molecule has 1 aromatic carbocycles. The summed E-state index contributed by atoms with van der Waals surface area (Å²) in [6, 6.07) is 4.59. The number of rotatable bonds is 6. The molecule has 3 heterocycles. The second-order valence-electron chi connectivity index (χ2n) is 9.78. The number of hydrogen-bond acceptors (Lipinski definition) is 6. The van der Waals surface area contributed by atoms with Crippen molar-refractivity contribution < 1.29 is 19.1 Å². The molecule has 7 nitrogen and oxygen atoms in total. The summed E-state index contributed by atoms with van der Waals surface area (Å²) >= 11 is 0. The number of carbonyl (C=O) groups is 2. The van der Waals surface area contributed by atoms with Crippen LogP contribution in [-0.4, -0.2) is 78.1 Å². The molecular formula is C24H35FN4O3. The quantitative estimate of drug-likeness (QED) is 0.580. The molecule has 0 radical (unpaired) electrons. The zero-order valence-corrected chi connectivity index (χ0v) is 18.9. The van der Waals surface area contributed by atoms with Crippen LogP contribution < -0.4 is 10.6 Å². The Hall–Kier alpha value is -2.03. The lowest BCUT2D eigenvalue weighted by Gasteiger charge is -2.39. The van der Waals surface area contributed by atoms with E-state index in [2.05, 4.69) is 27.5 Å². The van der Waals surface area contributed by atoms with Gasteiger partial charge in [-0.25, -0.2) is 4.39 Å². The van der Waals surface area contributed by atoms with Gasteiger partial charge in [-0.3, -0.25) is 14.9 Å². The van der Waals surface area contributed by atoms with Crippen molar-refractivity contribution in [3.05, 3.63) is 29.6 Å². The van der Waals surface area contributed by atoms with Crippen molar-refractivity contribution in [2.24, 2.45) is 0 Å². The monoisotopic (exact) mass is 446 g/mol. The Morgan fingerprint density at radius 1 is 1.16 bits per heavy atom. The van der Waals surface area contributed by atoms with Crippen LogP contribution >= 0.6 is 0 Å². The number of likely N-dealkylation sites (tertiary alicyclic amines) is 2. The van der Waals surface area contributed by atoms with Gasteiger partial charge in [0.15, 0.2) is 0 Å². The minimum absolute atomic E-state index is 0.183. The van der Waals surface area contributed by atoms with E-state index in [0.717, 1.165) is 70.4 Å². The molecule has 3 aliphatic rings. The van der Waals surface area contributed by atoms with E-state index in [0.29, 0.717) is 12.1 Å². The van der Waals surface area contributed by atoms with Crippen molar-refractivity contribution in [1.29, 1.82) is 0 Å². The molecule has 0 aliphatic carbocycles. The third-order valence-electron chi connectivity index (χ3n) is 7.42. The summed E-state index contributed by atoms with van der Waals surface area (Å²) in [6.07, 6.45) is 4.99. The van der Waals surface area contributed by atoms with Crippen LogP contribution in [0.4, 0.5) is 10.1 Å². The van der Waals surface area contributed by atoms with Gasteiger partial charge in [-0.15, -0.1) is 0 Å². The van der Waals surface area contributed by atoms with Gasteiger partial charge in [0.1, 0.15) is 11.9 Å². The lowest BCUT2D eigenvalue weighted by Crippen LogP contribution is -2.47. The molecule has 0 aromatic heterocycles. The van der Waals surface area contributed by atoms with Gasteiger partial charge in [-0.1, -0.05) is 6.07 Å². The molecule has 3 aliphatic heterocycles. The predicted molar refractivity (Wildman–Crippen MR) is 121 cm³/mol. The second kappa shape index (κ2) is 9.85. The number of carbonyl (C=O) groups excluding carboxylic acids is 2. The number of halogens is 1. The van der Waals surface area contributed by atoms with Gasteiger partial charge >= 0.3 is 0 Å². The highest BCUT2D eigenvalue weighted by Crippen LogP contribution is 2.32. The minimum atomic E-state index is -0.541. The molecular weight excluding hydrogens is 411 g/mol. The first-order valence-electron chi connectivity index (χ1n) is 11.8. The number of benzene rings is 1. The van der Waals surface area contributed by atoms with E-state index in [1.54, 1.807) is 0 Å². The van der Waals surface area contributed by atoms with Crippen LogP contribution in [-0.2, 0) is 9.59 Å². The summed E-state index contributed by atoms with van der Waals surface area (Å²) in [4.78, 5) is 27.9. The Morgan fingerprint density at radius 3 is 2.53 bits per heavy atom. The smallest absolute Gasteiger partial charge is 0.249 e. The molecule has 1 unspecified atom stereocenters. The van der Waals surface area contributed by atoms with Gasteiger partial charge < -0.3 is 20.2 Å². The molecule has 3 N–H and O–H groups in total. The van der Waals surface area contributed by atoms with E-state index in [9.17, 15) is 19.1 Å². The number of piperidine rings is 3. The fourth-order valence-corrected chi connectivity index (χ4v) is 5.10. The second-order valence-corrected chi connectivity index (χ2v) is 9.78. The molecule has 0 saturated carbocycles. The molecule has 0 spiro atoms. The van der Waals surface area contributed by atoms with Crippen LogP contribution in [0.15, 0.2) is 18.2 Å². The lowest BCUT2D eigenvalue weighted by atomic mass is 9.86. The maximum absolute atomic E-state index is 14.9. The van der Waals surface area contributed by atoms with Crippen LogP contribution in [0.2, 0.25) is 0 Å². The van der Waals surface area contributed by atoms with E-state index >= 15 is 0 Å². The molecule has 3 saturated heterocycles. The SMILES string of the molecule is CN1CCC(O)(CCN2CCC(c3ccc(NC4CCC(=O)NC4=O)cc3F)CC2)CC1. The minimum Gasteiger partial charge on any atom is -0.390 e. The number of nitrogens with zero attached hydrogens (tertiary/aromatic N) is 2. The predicted octanol–water partition coefficient (Wildman–Crippen LogP) is 2.07. The van der Waals surface area contributed by atoms with Crippen LogP contribution in [0.5, 0.6) is 0 Å². The van der Waals surface area contributed by atoms with Crippen LogP contribution in [0.3, 0.4) is 0 Å². The Kier molecular flexibility index (Phi) is 7.12. The molecule has 1 atom stereocenters. The number of amides is 2. The Bertz CT molecular complexity index is 833. The molecule has 2 amide bonds. The number of aliphatic hydroxyl groups is 1. The molecule has 0 bridgehead atoms. The average molecular weight is 447 g/mol. The van der Waals surface area contributed by atoms with Crippen LogP contribution in [0.1, 0.15) is 56.4 Å². The van der Waals surface area contributed by atoms with E-state index in [4.69, 9.17) is 0 Å². The van der Waals surface area contributed by atoms with Gasteiger partial charge in [0.05, 0.1) is 5.60 Å². The van der Waals surface area contributed by atoms with Crippen molar-refractivity contribution in [2.75, 3.05) is 45.1 Å². The van der Waals surface area contributed by atoms with Gasteiger partial charge in [0.25, 0.3) is 0 Å². The molecule has 3 fully saturated rings. The summed E-state index contributed by atoms with van der Waals surface area (Å²) in [7, 11) is 2.10. The molecule has 32 heavy (non-hydrogen) atoms. The number of anilines is 1. The highest BCUT2D eigenvalue weighted by atomic mass is 19.1. The topological polar surface area (TPSA) is 84.9 Å². The fraction of sp³-hybridized carbons (Fsp3) is 0.667. The average Bonchev–Trinajstić information content (AvgIpc) is 2.77. The van der Waals surface area contributed by atoms with Crippen LogP contribution in [0, 0.1) is 5.82 Å². The third kappa shape index (κ3) is 5.66. The van der Waals surface area contributed by atoms with Crippen LogP contribution in [0.25, 0.3) is 0 Å². The highest BCUT2D eigenvalue weighted by Gasteiger charge is 2.32. The molecule has 4 rings (SSSR count). The first kappa shape index (κ1) is 23.1. The first-order chi connectivity index (χ1) is 15.3.